The normalized spacial score (nSPS) is 26.6. The van der Waals surface area contributed by atoms with Crippen LogP contribution in [0.5, 0.6) is 0 Å². The average Bonchev–Trinajstić information content (AvgIpc) is 2.17. The number of carbonyl (C=O) groups is 2. The molecule has 0 aromatic carbocycles. The lowest BCUT2D eigenvalue weighted by atomic mass is 9.81. The van der Waals surface area contributed by atoms with Gasteiger partial charge in [0.15, 0.2) is 11.6 Å². The summed E-state index contributed by atoms with van der Waals surface area (Å²) >= 11 is 0. The van der Waals surface area contributed by atoms with Gasteiger partial charge in [0.25, 0.3) is 0 Å². The average molecular weight is 224 g/mol. The Morgan fingerprint density at radius 1 is 1.06 bits per heavy atom. The minimum Gasteiger partial charge on any atom is -0.386 e. The Labute approximate surface area is 96.5 Å². The summed E-state index contributed by atoms with van der Waals surface area (Å²) in [6.45, 7) is 9.95. The van der Waals surface area contributed by atoms with E-state index in [4.69, 9.17) is 0 Å². The third kappa shape index (κ3) is 1.84. The van der Waals surface area contributed by atoms with Crippen LogP contribution in [-0.4, -0.2) is 22.3 Å². The molecule has 0 aromatic rings. The summed E-state index contributed by atoms with van der Waals surface area (Å²) < 4.78 is 0. The molecule has 1 N–H and O–H groups in total. The second-order valence-corrected chi connectivity index (χ2v) is 6.12. The zero-order valence-electron chi connectivity index (χ0n) is 10.8. The van der Waals surface area contributed by atoms with Gasteiger partial charge in [0, 0.05) is 5.57 Å². The fourth-order valence-corrected chi connectivity index (χ4v) is 2.23. The van der Waals surface area contributed by atoms with Crippen molar-refractivity contribution >= 4 is 11.6 Å². The van der Waals surface area contributed by atoms with Crippen LogP contribution >= 0.6 is 0 Å². The van der Waals surface area contributed by atoms with Gasteiger partial charge in [-0.05, 0) is 47.6 Å². The molecule has 0 heterocycles. The van der Waals surface area contributed by atoms with Gasteiger partial charge in [0.05, 0.1) is 16.4 Å². The van der Waals surface area contributed by atoms with Crippen molar-refractivity contribution in [3.63, 3.8) is 0 Å². The zero-order valence-corrected chi connectivity index (χ0v) is 10.8. The maximum absolute atomic E-state index is 12.1. The lowest BCUT2D eigenvalue weighted by molar-refractivity contribution is -0.135. The summed E-state index contributed by atoms with van der Waals surface area (Å²) in [5.74, 6) is -0.259. The molecule has 0 radical (unpaired) electrons. The minimum atomic E-state index is -1.08. The molecule has 1 fully saturated rings. The summed E-state index contributed by atoms with van der Waals surface area (Å²) in [4.78, 5) is 24.2. The van der Waals surface area contributed by atoms with Crippen LogP contribution in [0.3, 0.4) is 0 Å². The van der Waals surface area contributed by atoms with E-state index in [0.29, 0.717) is 5.57 Å². The molecule has 3 heteroatoms. The first-order valence-electron chi connectivity index (χ1n) is 5.46. The van der Waals surface area contributed by atoms with Crippen molar-refractivity contribution in [1.29, 1.82) is 0 Å². The third-order valence-electron chi connectivity index (χ3n) is 3.12. The van der Waals surface area contributed by atoms with Gasteiger partial charge in [-0.2, -0.15) is 0 Å². The van der Waals surface area contributed by atoms with Crippen LogP contribution in [0, 0.1) is 10.8 Å². The predicted octanol–water partition coefficient (Wildman–Crippen LogP) is 1.89. The first-order valence-corrected chi connectivity index (χ1v) is 5.46. The fourth-order valence-electron chi connectivity index (χ4n) is 2.23. The largest absolute Gasteiger partial charge is 0.386 e. The van der Waals surface area contributed by atoms with E-state index in [2.05, 4.69) is 0 Å². The molecular formula is C13H20O3. The Morgan fingerprint density at radius 3 is 1.75 bits per heavy atom. The number of allylic oxidation sites excluding steroid dienone is 1. The molecule has 0 unspecified atom stereocenters. The number of hydrogen-bond donors (Lipinski definition) is 1. The highest BCUT2D eigenvalue weighted by atomic mass is 16.3. The molecule has 0 amide bonds. The molecule has 16 heavy (non-hydrogen) atoms. The number of hydrogen-bond acceptors (Lipinski definition) is 3. The van der Waals surface area contributed by atoms with Gasteiger partial charge in [0.2, 0.25) is 0 Å². The lowest BCUT2D eigenvalue weighted by Gasteiger charge is -2.21. The monoisotopic (exact) mass is 224 g/mol. The summed E-state index contributed by atoms with van der Waals surface area (Å²) in [5.41, 5.74) is -2.43. The highest BCUT2D eigenvalue weighted by Crippen LogP contribution is 2.47. The van der Waals surface area contributed by atoms with E-state index < -0.39 is 16.4 Å². The van der Waals surface area contributed by atoms with Gasteiger partial charge >= 0.3 is 0 Å². The summed E-state index contributed by atoms with van der Waals surface area (Å²) in [6.07, 6.45) is 1.50. The summed E-state index contributed by atoms with van der Waals surface area (Å²) in [7, 11) is 0. The maximum Gasteiger partial charge on any atom is 0.172 e. The van der Waals surface area contributed by atoms with Crippen molar-refractivity contribution < 1.29 is 14.7 Å². The van der Waals surface area contributed by atoms with E-state index in [1.165, 1.54) is 6.08 Å². The van der Waals surface area contributed by atoms with Crippen molar-refractivity contribution in [3.8, 4) is 0 Å². The molecule has 0 spiro atoms. The number of rotatable bonds is 1. The first-order chi connectivity index (χ1) is 6.90. The van der Waals surface area contributed by atoms with Crippen molar-refractivity contribution in [2.75, 3.05) is 0 Å². The fraction of sp³-hybridized carbons (Fsp3) is 0.692. The van der Waals surface area contributed by atoms with Crippen LogP contribution in [0.15, 0.2) is 11.6 Å². The number of carbonyl (C=O) groups excluding carboxylic acids is 2. The minimum absolute atomic E-state index is 0.0829. The molecule has 1 rings (SSSR count). The molecule has 0 atom stereocenters. The summed E-state index contributed by atoms with van der Waals surface area (Å²) in [5, 5.41) is 9.74. The van der Waals surface area contributed by atoms with Crippen molar-refractivity contribution in [2.24, 2.45) is 10.8 Å². The van der Waals surface area contributed by atoms with Crippen molar-refractivity contribution in [2.45, 2.75) is 47.1 Å². The molecule has 90 valence electrons. The van der Waals surface area contributed by atoms with E-state index in [9.17, 15) is 14.7 Å². The molecule has 1 saturated carbocycles. The number of aliphatic hydroxyl groups is 1. The van der Waals surface area contributed by atoms with Crippen LogP contribution in [0.2, 0.25) is 0 Å². The molecule has 0 bridgehead atoms. The van der Waals surface area contributed by atoms with Gasteiger partial charge in [-0.15, -0.1) is 0 Å². The topological polar surface area (TPSA) is 54.4 Å². The SMILES string of the molecule is CC(C)(O)/C=C1\C(=O)C(C)(C)C(=O)C1(C)C. The standard InChI is InChI=1S/C13H20O3/c1-11(2,16)7-8-9(14)13(5,6)10(15)12(8,3)4/h7,16H,1-6H3/b8-7+. The molecule has 0 aliphatic heterocycles. The van der Waals surface area contributed by atoms with E-state index in [1.807, 2.05) is 0 Å². The first kappa shape index (κ1) is 13.1. The van der Waals surface area contributed by atoms with Crippen LogP contribution in [-0.2, 0) is 9.59 Å². The molecule has 1 aliphatic rings. The number of ketones is 2. The Bertz CT molecular complexity index is 378. The zero-order chi connectivity index (χ0) is 12.9. The molecule has 1 aliphatic carbocycles. The molecule has 3 nitrogen and oxygen atoms in total. The van der Waals surface area contributed by atoms with Gasteiger partial charge in [-0.25, -0.2) is 0 Å². The van der Waals surface area contributed by atoms with Gasteiger partial charge in [-0.1, -0.05) is 0 Å². The Morgan fingerprint density at radius 2 is 1.50 bits per heavy atom. The van der Waals surface area contributed by atoms with Gasteiger partial charge in [-0.3, -0.25) is 9.59 Å². The molecule has 0 saturated heterocycles. The number of Topliss-reactive ketones (excluding diaryl/α,β-unsaturated/α-hetero) is 2. The van der Waals surface area contributed by atoms with E-state index in [0.717, 1.165) is 0 Å². The second-order valence-electron chi connectivity index (χ2n) is 6.12. The Hall–Kier alpha value is -0.960. The van der Waals surface area contributed by atoms with Gasteiger partial charge in [0.1, 0.15) is 0 Å². The van der Waals surface area contributed by atoms with Crippen LogP contribution in [0.25, 0.3) is 0 Å². The Kier molecular flexibility index (Phi) is 2.67. The molecular weight excluding hydrogens is 204 g/mol. The van der Waals surface area contributed by atoms with Crippen LogP contribution < -0.4 is 0 Å². The molecule has 0 aromatic heterocycles. The Balaban J connectivity index is 3.39. The highest BCUT2D eigenvalue weighted by Gasteiger charge is 2.56. The van der Waals surface area contributed by atoms with E-state index in [-0.39, 0.29) is 11.6 Å². The smallest absolute Gasteiger partial charge is 0.172 e. The van der Waals surface area contributed by atoms with E-state index in [1.54, 1.807) is 41.5 Å². The van der Waals surface area contributed by atoms with Crippen molar-refractivity contribution in [1.82, 2.24) is 0 Å². The summed E-state index contributed by atoms with van der Waals surface area (Å²) in [6, 6.07) is 0. The maximum atomic E-state index is 12.1. The third-order valence-corrected chi connectivity index (χ3v) is 3.12. The second kappa shape index (κ2) is 3.27. The highest BCUT2D eigenvalue weighted by molar-refractivity contribution is 6.24. The van der Waals surface area contributed by atoms with Crippen LogP contribution in [0.4, 0.5) is 0 Å². The van der Waals surface area contributed by atoms with Crippen LogP contribution in [0.1, 0.15) is 41.5 Å². The van der Waals surface area contributed by atoms with Gasteiger partial charge < -0.3 is 5.11 Å². The lowest BCUT2D eigenvalue weighted by Crippen LogP contribution is -2.29. The quantitative estimate of drug-likeness (QED) is 0.546. The van der Waals surface area contributed by atoms with Crippen molar-refractivity contribution in [3.05, 3.63) is 11.6 Å². The van der Waals surface area contributed by atoms with E-state index >= 15 is 0 Å². The predicted molar refractivity (Wildman–Crippen MR) is 62.0 cm³/mol.